The highest BCUT2D eigenvalue weighted by atomic mass is 32.2. The zero-order valence-electron chi connectivity index (χ0n) is 12.3. The molecule has 1 aromatic carbocycles. The standard InChI is InChI=1S/C15H22N2O3S/c1-15(2)13(9-14(15)18)16-10-5-7-12(8-6-10)21(19,20)17-11-3-4-11/h5-8,11,13-14,16-18H,3-4,9H2,1-2H3. The van der Waals surface area contributed by atoms with Crippen molar-refractivity contribution in [2.24, 2.45) is 5.41 Å². The Labute approximate surface area is 125 Å². The summed E-state index contributed by atoms with van der Waals surface area (Å²) in [5.41, 5.74) is 0.725. The first kappa shape index (κ1) is 14.8. The van der Waals surface area contributed by atoms with Crippen LogP contribution in [-0.2, 0) is 10.0 Å². The largest absolute Gasteiger partial charge is 0.392 e. The molecule has 0 heterocycles. The summed E-state index contributed by atoms with van der Waals surface area (Å²) in [7, 11) is -3.38. The van der Waals surface area contributed by atoms with Gasteiger partial charge >= 0.3 is 0 Å². The van der Waals surface area contributed by atoms with Crippen molar-refractivity contribution in [3.63, 3.8) is 0 Å². The molecule has 3 N–H and O–H groups in total. The van der Waals surface area contributed by atoms with Gasteiger partial charge in [0.05, 0.1) is 11.0 Å². The predicted molar refractivity (Wildman–Crippen MR) is 81.6 cm³/mol. The second kappa shape index (κ2) is 4.97. The highest BCUT2D eigenvalue weighted by Crippen LogP contribution is 2.42. The Balaban J connectivity index is 1.67. The molecule has 2 unspecified atom stereocenters. The highest BCUT2D eigenvalue weighted by molar-refractivity contribution is 7.89. The van der Waals surface area contributed by atoms with E-state index in [0.717, 1.165) is 24.9 Å². The number of sulfonamides is 1. The van der Waals surface area contributed by atoms with Crippen LogP contribution in [0.3, 0.4) is 0 Å². The van der Waals surface area contributed by atoms with E-state index >= 15 is 0 Å². The summed E-state index contributed by atoms with van der Waals surface area (Å²) in [6, 6.07) is 7.12. The number of aliphatic hydroxyl groups is 1. The lowest BCUT2D eigenvalue weighted by atomic mass is 9.64. The van der Waals surface area contributed by atoms with Gasteiger partial charge in [-0.1, -0.05) is 13.8 Å². The van der Waals surface area contributed by atoms with Crippen LogP contribution in [0, 0.1) is 5.41 Å². The van der Waals surface area contributed by atoms with Gasteiger partial charge in [-0.3, -0.25) is 0 Å². The van der Waals surface area contributed by atoms with Gasteiger partial charge in [0.1, 0.15) is 0 Å². The Morgan fingerprint density at radius 1 is 1.19 bits per heavy atom. The van der Waals surface area contributed by atoms with Crippen molar-refractivity contribution >= 4 is 15.7 Å². The Bertz CT molecular complexity index is 621. The van der Waals surface area contributed by atoms with E-state index < -0.39 is 10.0 Å². The van der Waals surface area contributed by atoms with Crippen molar-refractivity contribution in [3.8, 4) is 0 Å². The lowest BCUT2D eigenvalue weighted by Gasteiger charge is -2.49. The predicted octanol–water partition coefficient (Wildman–Crippen LogP) is 1.70. The molecule has 0 bridgehead atoms. The smallest absolute Gasteiger partial charge is 0.240 e. The Hall–Kier alpha value is -1.11. The van der Waals surface area contributed by atoms with Crippen molar-refractivity contribution < 1.29 is 13.5 Å². The third-order valence-electron chi connectivity index (χ3n) is 4.62. The first-order chi connectivity index (χ1) is 9.79. The van der Waals surface area contributed by atoms with E-state index in [1.807, 2.05) is 13.8 Å². The van der Waals surface area contributed by atoms with Crippen molar-refractivity contribution in [2.45, 2.75) is 56.2 Å². The monoisotopic (exact) mass is 310 g/mol. The van der Waals surface area contributed by atoms with E-state index in [-0.39, 0.29) is 23.6 Å². The van der Waals surface area contributed by atoms with Crippen LogP contribution >= 0.6 is 0 Å². The average Bonchev–Trinajstić information content (AvgIpc) is 3.22. The molecule has 0 amide bonds. The number of rotatable bonds is 5. The van der Waals surface area contributed by atoms with Gasteiger partial charge in [-0.05, 0) is 43.5 Å². The molecule has 21 heavy (non-hydrogen) atoms. The van der Waals surface area contributed by atoms with Crippen molar-refractivity contribution in [2.75, 3.05) is 5.32 Å². The third-order valence-corrected chi connectivity index (χ3v) is 6.16. The molecule has 0 saturated heterocycles. The molecule has 2 aliphatic carbocycles. The fraction of sp³-hybridized carbons (Fsp3) is 0.600. The number of hydrogen-bond acceptors (Lipinski definition) is 4. The van der Waals surface area contributed by atoms with Gasteiger partial charge in [-0.15, -0.1) is 0 Å². The molecule has 0 radical (unpaired) electrons. The van der Waals surface area contributed by atoms with Gasteiger partial charge in [0.25, 0.3) is 0 Å². The molecule has 2 saturated carbocycles. The summed E-state index contributed by atoms with van der Waals surface area (Å²) < 4.78 is 26.8. The zero-order chi connectivity index (χ0) is 15.3. The SMILES string of the molecule is CC1(C)C(O)CC1Nc1ccc(S(=O)(=O)NC2CC2)cc1. The maximum atomic E-state index is 12.1. The lowest BCUT2D eigenvalue weighted by molar-refractivity contribution is -0.0510. The number of anilines is 1. The van der Waals surface area contributed by atoms with E-state index in [1.165, 1.54) is 0 Å². The molecule has 1 aromatic rings. The molecular weight excluding hydrogens is 288 g/mol. The summed E-state index contributed by atoms with van der Waals surface area (Å²) >= 11 is 0. The number of benzene rings is 1. The molecule has 0 aliphatic heterocycles. The maximum absolute atomic E-state index is 12.1. The van der Waals surface area contributed by atoms with Gasteiger partial charge in [-0.25, -0.2) is 13.1 Å². The van der Waals surface area contributed by atoms with Crippen LogP contribution in [0.1, 0.15) is 33.1 Å². The summed E-state index contributed by atoms with van der Waals surface area (Å²) in [5, 5.41) is 13.1. The molecule has 6 heteroatoms. The molecule has 2 atom stereocenters. The Kier molecular flexibility index (Phi) is 3.50. The van der Waals surface area contributed by atoms with Crippen molar-refractivity contribution in [1.29, 1.82) is 0 Å². The quantitative estimate of drug-likeness (QED) is 0.773. The van der Waals surface area contributed by atoms with Crippen LogP contribution in [0.2, 0.25) is 0 Å². The Morgan fingerprint density at radius 3 is 2.29 bits per heavy atom. The van der Waals surface area contributed by atoms with Crippen LogP contribution in [0.15, 0.2) is 29.2 Å². The molecule has 3 rings (SSSR count). The summed E-state index contributed by atoms with van der Waals surface area (Å²) in [6.07, 6.45) is 2.30. The van der Waals surface area contributed by atoms with Gasteiger partial charge in [0, 0.05) is 23.2 Å². The fourth-order valence-electron chi connectivity index (χ4n) is 2.57. The van der Waals surface area contributed by atoms with Crippen LogP contribution in [-0.4, -0.2) is 31.7 Å². The molecule has 0 spiro atoms. The van der Waals surface area contributed by atoms with Crippen molar-refractivity contribution in [1.82, 2.24) is 4.72 Å². The zero-order valence-corrected chi connectivity index (χ0v) is 13.2. The topological polar surface area (TPSA) is 78.4 Å². The number of aliphatic hydroxyl groups excluding tert-OH is 1. The first-order valence-electron chi connectivity index (χ1n) is 7.36. The Morgan fingerprint density at radius 2 is 1.81 bits per heavy atom. The van der Waals surface area contributed by atoms with Gasteiger partial charge < -0.3 is 10.4 Å². The molecular formula is C15H22N2O3S. The lowest BCUT2D eigenvalue weighted by Crippen LogP contribution is -2.56. The molecule has 2 aliphatic rings. The minimum Gasteiger partial charge on any atom is -0.392 e. The van der Waals surface area contributed by atoms with Crippen LogP contribution in [0.5, 0.6) is 0 Å². The summed E-state index contributed by atoms with van der Waals surface area (Å²) in [6.45, 7) is 4.05. The van der Waals surface area contributed by atoms with E-state index in [2.05, 4.69) is 10.0 Å². The normalized spacial score (nSPS) is 28.0. The van der Waals surface area contributed by atoms with Gasteiger partial charge in [0.2, 0.25) is 10.0 Å². The summed E-state index contributed by atoms with van der Waals surface area (Å²) in [5.74, 6) is 0. The second-order valence-corrected chi connectivity index (χ2v) is 8.40. The van der Waals surface area contributed by atoms with Crippen LogP contribution in [0.25, 0.3) is 0 Å². The second-order valence-electron chi connectivity index (χ2n) is 6.69. The maximum Gasteiger partial charge on any atom is 0.240 e. The van der Waals surface area contributed by atoms with E-state index in [1.54, 1.807) is 24.3 Å². The van der Waals surface area contributed by atoms with Gasteiger partial charge in [0.15, 0.2) is 0 Å². The molecule has 0 aromatic heterocycles. The fourth-order valence-corrected chi connectivity index (χ4v) is 3.87. The molecule has 2 fully saturated rings. The van der Waals surface area contributed by atoms with E-state index in [4.69, 9.17) is 0 Å². The third kappa shape index (κ3) is 2.93. The molecule has 116 valence electrons. The molecule has 5 nitrogen and oxygen atoms in total. The van der Waals surface area contributed by atoms with Gasteiger partial charge in [-0.2, -0.15) is 0 Å². The highest BCUT2D eigenvalue weighted by Gasteiger charge is 2.47. The van der Waals surface area contributed by atoms with Crippen LogP contribution < -0.4 is 10.0 Å². The van der Waals surface area contributed by atoms with E-state index in [9.17, 15) is 13.5 Å². The number of hydrogen-bond donors (Lipinski definition) is 3. The number of nitrogens with one attached hydrogen (secondary N) is 2. The van der Waals surface area contributed by atoms with E-state index in [0.29, 0.717) is 4.90 Å². The van der Waals surface area contributed by atoms with Crippen molar-refractivity contribution in [3.05, 3.63) is 24.3 Å². The van der Waals surface area contributed by atoms with Crippen LogP contribution in [0.4, 0.5) is 5.69 Å². The average molecular weight is 310 g/mol. The minimum absolute atomic E-state index is 0.116. The summed E-state index contributed by atoms with van der Waals surface area (Å²) in [4.78, 5) is 0.299. The minimum atomic E-state index is -3.38. The first-order valence-corrected chi connectivity index (χ1v) is 8.84.